The van der Waals surface area contributed by atoms with Crippen LogP contribution in [0.3, 0.4) is 0 Å². The molecule has 0 saturated heterocycles. The van der Waals surface area contributed by atoms with Crippen LogP contribution in [-0.4, -0.2) is 62.3 Å². The number of aromatic hydroxyl groups is 1. The van der Waals surface area contributed by atoms with Crippen LogP contribution in [-0.2, 0) is 30.4 Å². The molecule has 0 fully saturated rings. The van der Waals surface area contributed by atoms with Crippen LogP contribution in [0.4, 0.5) is 51.2 Å². The number of aryl methyl sites for hydroxylation is 4. The summed E-state index contributed by atoms with van der Waals surface area (Å²) in [6.45, 7) is 7.06. The van der Waals surface area contributed by atoms with Crippen LogP contribution in [0.2, 0.25) is 0 Å². The molecule has 8 aromatic rings. The Labute approximate surface area is 430 Å². The lowest BCUT2D eigenvalue weighted by Crippen LogP contribution is -2.11. The smallest absolute Gasteiger partial charge is 0.296 e. The number of amides is 1. The number of phenols is 1. The topological polar surface area (TPSA) is 308 Å². The van der Waals surface area contributed by atoms with Crippen molar-refractivity contribution in [2.24, 2.45) is 30.7 Å². The average molecular weight is 1070 g/mol. The van der Waals surface area contributed by atoms with E-state index in [2.05, 4.69) is 41.3 Å². The number of hydrogen-bond acceptors (Lipinski definition) is 16. The Bertz CT molecular complexity index is 4010. The summed E-state index contributed by atoms with van der Waals surface area (Å²) in [5, 5.41) is 44.5. The number of azo groups is 3. The van der Waals surface area contributed by atoms with E-state index in [4.69, 9.17) is 9.29 Å². The second-order valence-electron chi connectivity index (χ2n) is 17.2. The minimum absolute atomic E-state index is 0.0105. The van der Waals surface area contributed by atoms with Gasteiger partial charge in [-0.1, -0.05) is 24.3 Å². The van der Waals surface area contributed by atoms with E-state index in [1.165, 1.54) is 30.3 Å². The number of para-hydroxylation sites is 1. The van der Waals surface area contributed by atoms with Crippen molar-refractivity contribution in [3.63, 3.8) is 0 Å². The number of nitrogens with zero attached hydrogens (tertiary/aromatic N) is 6. The van der Waals surface area contributed by atoms with Crippen LogP contribution in [0.15, 0.2) is 174 Å². The Kier molecular flexibility index (Phi) is 15.3. The molecule has 0 aliphatic rings. The number of carbonyl (C=O) groups is 1. The maximum Gasteiger partial charge on any atom is 0.296 e. The number of nitrogens with one attached hydrogen (secondary N) is 2. The van der Waals surface area contributed by atoms with Gasteiger partial charge in [0.2, 0.25) is 0 Å². The van der Waals surface area contributed by atoms with Crippen molar-refractivity contribution in [2.45, 2.75) is 43.9 Å². The minimum Gasteiger partial charge on any atom is -0.505 e. The van der Waals surface area contributed by atoms with Gasteiger partial charge in [0.1, 0.15) is 21.2 Å². The third kappa shape index (κ3) is 13.1. The molecule has 6 N–H and O–H groups in total. The summed E-state index contributed by atoms with van der Waals surface area (Å²) >= 11 is 0. The molecule has 8 aromatic carbocycles. The Hall–Kier alpha value is -8.32. The second-order valence-corrected chi connectivity index (χ2v) is 21.6. The molecule has 0 saturated carbocycles. The Balaban J connectivity index is 0.927. The predicted molar refractivity (Wildman–Crippen MR) is 284 cm³/mol. The third-order valence-corrected chi connectivity index (χ3v) is 14.2. The van der Waals surface area contributed by atoms with Crippen LogP contribution >= 0.6 is 0 Å². The molecule has 20 nitrogen and oxygen atoms in total. The van der Waals surface area contributed by atoms with E-state index in [9.17, 15) is 44.3 Å². The lowest BCUT2D eigenvalue weighted by Gasteiger charge is -2.12. The van der Waals surface area contributed by atoms with E-state index in [-0.39, 0.29) is 29.7 Å². The van der Waals surface area contributed by atoms with E-state index in [0.29, 0.717) is 67.1 Å². The standard InChI is InChI=1S/C52H46N8O12S3/c1-30-22-45(57-58-46-23-33(4)47(24-32(46)3)59-60-50-49(75(69,70)71)28-36-26-39(16-18-43(36)51(50)61)53-37-9-6-5-7-10-37)31(2)21-44(30)56-55-38-13-11-34(12-14-38)52(62)54-40-15-17-42-35(25-40)27-41(29-48(42)74(66,67)68)72-19-8-20-73(63,64)65/h5-7,9-18,21-29,53,61H,8,19-20H2,1-4H3,(H,54,62)(H,63,64,65)(H,66,67,68)(H,69,70,71). The van der Waals surface area contributed by atoms with Crippen molar-refractivity contribution < 1.29 is 53.5 Å². The van der Waals surface area contributed by atoms with Crippen molar-refractivity contribution >= 4 is 109 Å². The summed E-state index contributed by atoms with van der Waals surface area (Å²) in [5.74, 6) is -1.52. The second kappa shape index (κ2) is 21.6. The molecule has 0 aliphatic heterocycles. The third-order valence-electron chi connectivity index (χ3n) is 11.6. The molecule has 0 atom stereocenters. The summed E-state index contributed by atoms with van der Waals surface area (Å²) in [6.07, 6.45) is -0.0806. The van der Waals surface area contributed by atoms with E-state index >= 15 is 0 Å². The number of rotatable bonds is 17. The van der Waals surface area contributed by atoms with Crippen molar-refractivity contribution in [1.82, 2.24) is 0 Å². The van der Waals surface area contributed by atoms with Gasteiger partial charge in [0.15, 0.2) is 5.75 Å². The van der Waals surface area contributed by atoms with Crippen molar-refractivity contribution in [3.05, 3.63) is 161 Å². The SMILES string of the molecule is Cc1cc(N=Nc2cc(C)c(N=Nc3c(S(=O)(=O)O)cc4cc(Nc5ccccc5)ccc4c3O)cc2C)c(C)cc1N=Nc1ccc(C(=O)Nc2ccc3c(S(=O)(=O)O)cc(OCCCS(=O)(=O)O)cc3c2)cc1. The highest BCUT2D eigenvalue weighted by molar-refractivity contribution is 7.86. The van der Waals surface area contributed by atoms with Crippen molar-refractivity contribution in [3.8, 4) is 11.5 Å². The number of ether oxygens (including phenoxy) is 1. The fourth-order valence-electron chi connectivity index (χ4n) is 7.73. The molecule has 384 valence electrons. The zero-order valence-electron chi connectivity index (χ0n) is 40.3. The van der Waals surface area contributed by atoms with Gasteiger partial charge >= 0.3 is 0 Å². The molecule has 8 rings (SSSR count). The van der Waals surface area contributed by atoms with E-state index < -0.39 is 63.2 Å². The maximum absolute atomic E-state index is 13.2. The van der Waals surface area contributed by atoms with Gasteiger partial charge < -0.3 is 20.5 Å². The van der Waals surface area contributed by atoms with Gasteiger partial charge in [-0.15, -0.1) is 5.11 Å². The van der Waals surface area contributed by atoms with Gasteiger partial charge in [-0.3, -0.25) is 18.5 Å². The number of anilines is 3. The van der Waals surface area contributed by atoms with Crippen molar-refractivity contribution in [2.75, 3.05) is 23.0 Å². The average Bonchev–Trinajstić information content (AvgIpc) is 3.35. The first-order chi connectivity index (χ1) is 35.5. The lowest BCUT2D eigenvalue weighted by atomic mass is 10.1. The molecule has 0 aromatic heterocycles. The summed E-state index contributed by atoms with van der Waals surface area (Å²) < 4.78 is 106. The monoisotopic (exact) mass is 1070 g/mol. The van der Waals surface area contributed by atoms with E-state index in [0.717, 1.165) is 22.9 Å². The van der Waals surface area contributed by atoms with Crippen LogP contribution < -0.4 is 15.4 Å². The van der Waals surface area contributed by atoms with Gasteiger partial charge in [-0.2, -0.15) is 50.8 Å². The van der Waals surface area contributed by atoms with Crippen LogP contribution in [0.5, 0.6) is 11.5 Å². The highest BCUT2D eigenvalue weighted by Gasteiger charge is 2.23. The van der Waals surface area contributed by atoms with Crippen molar-refractivity contribution in [1.29, 1.82) is 0 Å². The highest BCUT2D eigenvalue weighted by atomic mass is 32.2. The van der Waals surface area contributed by atoms with Gasteiger partial charge in [-0.05, 0) is 170 Å². The number of hydrogen-bond donors (Lipinski definition) is 6. The number of phenolic OH excluding ortho intramolecular Hbond substituents is 1. The zero-order valence-corrected chi connectivity index (χ0v) is 42.7. The quantitative estimate of drug-likeness (QED) is 0.0281. The maximum atomic E-state index is 13.2. The fourth-order valence-corrected chi connectivity index (χ4v) is 9.60. The molecule has 0 spiro atoms. The number of benzene rings is 8. The molecule has 0 heterocycles. The van der Waals surface area contributed by atoms with Crippen LogP contribution in [0.25, 0.3) is 21.5 Å². The zero-order chi connectivity index (χ0) is 53.8. The summed E-state index contributed by atoms with van der Waals surface area (Å²) in [7, 11) is -13.8. The fraction of sp³-hybridized carbons (Fsp3) is 0.135. The largest absolute Gasteiger partial charge is 0.505 e. The van der Waals surface area contributed by atoms with Gasteiger partial charge in [-0.25, -0.2) is 0 Å². The molecule has 75 heavy (non-hydrogen) atoms. The molecular weight excluding hydrogens is 1020 g/mol. The first-order valence-electron chi connectivity index (χ1n) is 22.6. The molecule has 0 aliphatic carbocycles. The molecule has 1 amide bonds. The Morgan fingerprint density at radius 1 is 0.533 bits per heavy atom. The van der Waals surface area contributed by atoms with Crippen LogP contribution in [0, 0.1) is 27.7 Å². The van der Waals surface area contributed by atoms with Crippen LogP contribution in [0.1, 0.15) is 39.0 Å². The summed E-state index contributed by atoms with van der Waals surface area (Å²) in [5.41, 5.74) is 6.83. The van der Waals surface area contributed by atoms with Gasteiger partial charge in [0.25, 0.3) is 36.3 Å². The van der Waals surface area contributed by atoms with Gasteiger partial charge in [0.05, 0.1) is 40.8 Å². The molecule has 23 heteroatoms. The Morgan fingerprint density at radius 3 is 1.63 bits per heavy atom. The first-order valence-corrected chi connectivity index (χ1v) is 27.1. The summed E-state index contributed by atoms with van der Waals surface area (Å²) in [6, 6.07) is 35.8. The van der Waals surface area contributed by atoms with E-state index in [1.807, 2.05) is 56.3 Å². The van der Waals surface area contributed by atoms with E-state index in [1.54, 1.807) is 68.4 Å². The number of fused-ring (bicyclic) bond motifs is 2. The normalized spacial score (nSPS) is 12.4. The minimum atomic E-state index is -4.85. The molecular formula is C52H46N8O12S3. The first kappa shape index (κ1) is 53.0. The Morgan fingerprint density at radius 2 is 1.05 bits per heavy atom. The molecule has 0 unspecified atom stereocenters. The highest BCUT2D eigenvalue weighted by Crippen LogP contribution is 2.43. The molecule has 0 radical (unpaired) electrons. The van der Waals surface area contributed by atoms with Gasteiger partial charge in [0, 0.05) is 39.5 Å². The predicted octanol–water partition coefficient (Wildman–Crippen LogP) is 13.3. The number of carbonyl (C=O) groups excluding carboxylic acids is 1. The molecule has 0 bridgehead atoms. The lowest BCUT2D eigenvalue weighted by molar-refractivity contribution is 0.102. The summed E-state index contributed by atoms with van der Waals surface area (Å²) in [4.78, 5) is 12.2.